The van der Waals surface area contributed by atoms with Gasteiger partial charge >= 0.3 is 0 Å². The molecule has 0 saturated carbocycles. The highest BCUT2D eigenvalue weighted by Crippen LogP contribution is 2.23. The molecule has 1 aromatic heterocycles. The number of furan rings is 1. The summed E-state index contributed by atoms with van der Waals surface area (Å²) in [5.41, 5.74) is 3.03. The minimum Gasteiger partial charge on any atom is -0.459 e. The minimum atomic E-state index is -0.183. The van der Waals surface area contributed by atoms with Crippen molar-refractivity contribution in [3.8, 4) is 0 Å². The van der Waals surface area contributed by atoms with Crippen molar-refractivity contribution in [3.05, 3.63) is 77.6 Å². The molecule has 1 heterocycles. The second kappa shape index (κ2) is 6.53. The van der Waals surface area contributed by atoms with E-state index in [2.05, 4.69) is 5.32 Å². The second-order valence-corrected chi connectivity index (χ2v) is 5.66. The fraction of sp³-hybridized carbons (Fsp3) is 0.150. The van der Waals surface area contributed by atoms with Gasteiger partial charge in [-0.05, 0) is 37.6 Å². The molecule has 0 spiro atoms. The van der Waals surface area contributed by atoms with Crippen molar-refractivity contribution in [1.82, 2.24) is 5.32 Å². The van der Waals surface area contributed by atoms with E-state index in [1.807, 2.05) is 68.4 Å². The highest BCUT2D eigenvalue weighted by Gasteiger charge is 2.12. The zero-order valence-corrected chi connectivity index (χ0v) is 13.2. The highest BCUT2D eigenvalue weighted by molar-refractivity contribution is 5.92. The predicted octanol–water partition coefficient (Wildman–Crippen LogP) is 4.63. The average Bonchev–Trinajstić information content (AvgIpc) is 2.98. The van der Waals surface area contributed by atoms with Gasteiger partial charge in [0.05, 0.1) is 6.04 Å². The third-order valence-corrected chi connectivity index (χ3v) is 3.73. The number of rotatable bonds is 4. The lowest BCUT2D eigenvalue weighted by molar-refractivity contribution is -0.117. The largest absolute Gasteiger partial charge is 0.459 e. The summed E-state index contributed by atoms with van der Waals surface area (Å²) in [5, 5.41) is 3.96. The van der Waals surface area contributed by atoms with E-state index in [1.54, 1.807) is 12.2 Å². The molecule has 3 aromatic rings. The summed E-state index contributed by atoms with van der Waals surface area (Å²) in [5.74, 6) is 0.613. The first-order chi connectivity index (χ1) is 11.1. The number of fused-ring (bicyclic) bond motifs is 1. The smallest absolute Gasteiger partial charge is 0.244 e. The number of carbonyl (C=O) groups excluding carboxylic acids is 1. The molecule has 0 bridgehead atoms. The number of carbonyl (C=O) groups is 1. The van der Waals surface area contributed by atoms with Crippen LogP contribution in [0.25, 0.3) is 17.0 Å². The summed E-state index contributed by atoms with van der Waals surface area (Å²) in [6, 6.07) is 17.6. The third kappa shape index (κ3) is 3.69. The lowest BCUT2D eigenvalue weighted by Gasteiger charge is -2.09. The molecule has 0 saturated heterocycles. The molecule has 1 N–H and O–H groups in total. The molecule has 116 valence electrons. The van der Waals surface area contributed by atoms with Crippen molar-refractivity contribution in [2.24, 2.45) is 0 Å². The zero-order valence-electron chi connectivity index (χ0n) is 13.2. The van der Waals surface area contributed by atoms with Crippen molar-refractivity contribution in [2.45, 2.75) is 19.9 Å². The van der Waals surface area contributed by atoms with E-state index in [9.17, 15) is 4.79 Å². The van der Waals surface area contributed by atoms with Crippen molar-refractivity contribution in [3.63, 3.8) is 0 Å². The lowest BCUT2D eigenvalue weighted by Crippen LogP contribution is -2.24. The van der Waals surface area contributed by atoms with E-state index in [-0.39, 0.29) is 11.9 Å². The average molecular weight is 305 g/mol. The minimum absolute atomic E-state index is 0.140. The standard InChI is InChI=1S/C20H19NO2/c1-14-7-9-16(10-8-14)11-12-20(22)21-15(2)19-13-17-5-3-4-6-18(17)23-19/h3-13,15H,1-2H3,(H,21,22)/b12-11+/t15-/m0/s1. The first kappa shape index (κ1) is 15.1. The van der Waals surface area contributed by atoms with Crippen LogP contribution in [0.15, 0.2) is 65.1 Å². The van der Waals surface area contributed by atoms with Crippen LogP contribution in [0.4, 0.5) is 0 Å². The second-order valence-electron chi connectivity index (χ2n) is 5.66. The van der Waals surface area contributed by atoms with E-state index in [4.69, 9.17) is 4.42 Å². The maximum absolute atomic E-state index is 12.0. The Morgan fingerprint density at radius 1 is 1.13 bits per heavy atom. The third-order valence-electron chi connectivity index (χ3n) is 3.73. The molecular weight excluding hydrogens is 286 g/mol. The van der Waals surface area contributed by atoms with E-state index in [0.717, 1.165) is 22.3 Å². The molecule has 0 radical (unpaired) electrons. The van der Waals surface area contributed by atoms with Crippen molar-refractivity contribution >= 4 is 23.0 Å². The Balaban J connectivity index is 1.65. The predicted molar refractivity (Wildman–Crippen MR) is 93.0 cm³/mol. The first-order valence-corrected chi connectivity index (χ1v) is 7.65. The molecule has 3 heteroatoms. The zero-order chi connectivity index (χ0) is 16.2. The van der Waals surface area contributed by atoms with Crippen LogP contribution in [0.5, 0.6) is 0 Å². The molecule has 0 aliphatic carbocycles. The quantitative estimate of drug-likeness (QED) is 0.714. The van der Waals surface area contributed by atoms with Gasteiger partial charge in [0.25, 0.3) is 0 Å². The van der Waals surface area contributed by atoms with Gasteiger partial charge < -0.3 is 9.73 Å². The van der Waals surface area contributed by atoms with E-state index in [0.29, 0.717) is 0 Å². The van der Waals surface area contributed by atoms with E-state index < -0.39 is 0 Å². The van der Waals surface area contributed by atoms with Gasteiger partial charge in [0.15, 0.2) is 0 Å². The maximum atomic E-state index is 12.0. The highest BCUT2D eigenvalue weighted by atomic mass is 16.3. The van der Waals surface area contributed by atoms with Gasteiger partial charge in [0.2, 0.25) is 5.91 Å². The molecular formula is C20H19NO2. The van der Waals surface area contributed by atoms with Crippen molar-refractivity contribution in [1.29, 1.82) is 0 Å². The SMILES string of the molecule is Cc1ccc(/C=C/C(=O)N[C@@H](C)c2cc3ccccc3o2)cc1. The fourth-order valence-electron chi connectivity index (χ4n) is 2.40. The Bertz CT molecular complexity index is 810. The molecule has 23 heavy (non-hydrogen) atoms. The monoisotopic (exact) mass is 305 g/mol. The Morgan fingerprint density at radius 2 is 1.87 bits per heavy atom. The molecule has 0 aliphatic heterocycles. The summed E-state index contributed by atoms with van der Waals surface area (Å²) < 4.78 is 5.77. The Hall–Kier alpha value is -2.81. The summed E-state index contributed by atoms with van der Waals surface area (Å²) in [7, 11) is 0. The van der Waals surface area contributed by atoms with Crippen LogP contribution in [0.2, 0.25) is 0 Å². The number of amides is 1. The van der Waals surface area contributed by atoms with E-state index >= 15 is 0 Å². The Morgan fingerprint density at radius 3 is 2.61 bits per heavy atom. The lowest BCUT2D eigenvalue weighted by atomic mass is 10.1. The number of benzene rings is 2. The number of hydrogen-bond donors (Lipinski definition) is 1. The summed E-state index contributed by atoms with van der Waals surface area (Å²) in [6.07, 6.45) is 3.35. The number of hydrogen-bond acceptors (Lipinski definition) is 2. The summed E-state index contributed by atoms with van der Waals surface area (Å²) >= 11 is 0. The number of para-hydroxylation sites is 1. The first-order valence-electron chi connectivity index (χ1n) is 7.65. The molecule has 0 unspecified atom stereocenters. The summed E-state index contributed by atoms with van der Waals surface area (Å²) in [6.45, 7) is 3.95. The molecule has 1 amide bonds. The van der Waals surface area contributed by atoms with Gasteiger partial charge in [-0.3, -0.25) is 4.79 Å². The van der Waals surface area contributed by atoms with Crippen LogP contribution in [0.1, 0.15) is 29.9 Å². The summed E-state index contributed by atoms with van der Waals surface area (Å²) in [4.78, 5) is 12.0. The fourth-order valence-corrected chi connectivity index (χ4v) is 2.40. The number of nitrogens with one attached hydrogen (secondary N) is 1. The van der Waals surface area contributed by atoms with Crippen LogP contribution in [-0.4, -0.2) is 5.91 Å². The Kier molecular flexibility index (Phi) is 4.29. The normalized spacial score (nSPS) is 12.6. The molecule has 0 aliphatic rings. The van der Waals surface area contributed by atoms with Crippen LogP contribution in [-0.2, 0) is 4.79 Å². The van der Waals surface area contributed by atoms with Crippen molar-refractivity contribution in [2.75, 3.05) is 0 Å². The van der Waals surface area contributed by atoms with Gasteiger partial charge in [-0.1, -0.05) is 48.0 Å². The van der Waals surface area contributed by atoms with Gasteiger partial charge in [0, 0.05) is 11.5 Å². The molecule has 3 rings (SSSR count). The van der Waals surface area contributed by atoms with Gasteiger partial charge in [0.1, 0.15) is 11.3 Å². The van der Waals surface area contributed by atoms with Crippen LogP contribution < -0.4 is 5.32 Å². The van der Waals surface area contributed by atoms with Gasteiger partial charge in [-0.25, -0.2) is 0 Å². The molecule has 0 fully saturated rings. The van der Waals surface area contributed by atoms with Crippen LogP contribution in [0, 0.1) is 6.92 Å². The topological polar surface area (TPSA) is 42.2 Å². The molecule has 3 nitrogen and oxygen atoms in total. The Labute approximate surface area is 135 Å². The maximum Gasteiger partial charge on any atom is 0.244 e. The van der Waals surface area contributed by atoms with Gasteiger partial charge in [-0.15, -0.1) is 0 Å². The van der Waals surface area contributed by atoms with Crippen LogP contribution >= 0.6 is 0 Å². The van der Waals surface area contributed by atoms with E-state index in [1.165, 1.54) is 5.56 Å². The van der Waals surface area contributed by atoms with Gasteiger partial charge in [-0.2, -0.15) is 0 Å². The van der Waals surface area contributed by atoms with Crippen LogP contribution in [0.3, 0.4) is 0 Å². The van der Waals surface area contributed by atoms with Crippen molar-refractivity contribution < 1.29 is 9.21 Å². The molecule has 2 aromatic carbocycles. The molecule has 1 atom stereocenters. The number of aryl methyl sites for hydroxylation is 1.